The number of hydrogen-bond acceptors (Lipinski definition) is 8. The number of rotatable bonds is 5. The van der Waals surface area contributed by atoms with E-state index in [1.165, 1.54) is 19.3 Å². The molecule has 2 fully saturated rings. The molecular weight excluding hydrogens is 334 g/mol. The predicted molar refractivity (Wildman–Crippen MR) is 102 cm³/mol. The van der Waals surface area contributed by atoms with E-state index < -0.39 is 0 Å². The van der Waals surface area contributed by atoms with E-state index in [4.69, 9.17) is 4.98 Å². The molecule has 0 atom stereocenters. The standard InChI is InChI=1S/C17H25N7S/c1-23(2)15-10-14(18-11-19-15)20-13-6-8-24(9-7-13)17-21-16(22-25-17)12-4-3-5-12/h10-13H,3-9H2,1-2H3,(H,18,19,20). The van der Waals surface area contributed by atoms with Gasteiger partial charge in [-0.1, -0.05) is 6.42 Å². The van der Waals surface area contributed by atoms with Gasteiger partial charge in [-0.05, 0) is 25.7 Å². The molecule has 0 bridgehead atoms. The molecule has 1 aliphatic carbocycles. The Hall–Kier alpha value is -1.96. The molecule has 7 nitrogen and oxygen atoms in total. The van der Waals surface area contributed by atoms with Crippen molar-refractivity contribution >= 4 is 28.3 Å². The van der Waals surface area contributed by atoms with Crippen molar-refractivity contribution in [1.82, 2.24) is 19.3 Å². The highest BCUT2D eigenvalue weighted by Gasteiger charge is 2.26. The first-order valence-corrected chi connectivity index (χ1v) is 9.81. The van der Waals surface area contributed by atoms with Crippen LogP contribution in [0.4, 0.5) is 16.8 Å². The minimum Gasteiger partial charge on any atom is -0.367 e. The van der Waals surface area contributed by atoms with E-state index in [0.29, 0.717) is 12.0 Å². The molecule has 1 aliphatic heterocycles. The van der Waals surface area contributed by atoms with Crippen LogP contribution in [-0.4, -0.2) is 52.6 Å². The zero-order chi connectivity index (χ0) is 17.2. The van der Waals surface area contributed by atoms with Crippen molar-refractivity contribution in [1.29, 1.82) is 0 Å². The predicted octanol–water partition coefficient (Wildman–Crippen LogP) is 2.74. The first kappa shape index (κ1) is 16.5. The normalized spacial score (nSPS) is 18.9. The lowest BCUT2D eigenvalue weighted by Crippen LogP contribution is -2.39. The minimum absolute atomic E-state index is 0.445. The van der Waals surface area contributed by atoms with Crippen LogP contribution in [0.25, 0.3) is 0 Å². The Morgan fingerprint density at radius 1 is 1.16 bits per heavy atom. The van der Waals surface area contributed by atoms with Gasteiger partial charge in [0.1, 0.15) is 23.8 Å². The van der Waals surface area contributed by atoms with Gasteiger partial charge >= 0.3 is 0 Å². The fraction of sp³-hybridized carbons (Fsp3) is 0.647. The lowest BCUT2D eigenvalue weighted by Gasteiger charge is -2.32. The van der Waals surface area contributed by atoms with Crippen LogP contribution in [0.15, 0.2) is 12.4 Å². The van der Waals surface area contributed by atoms with E-state index in [1.54, 1.807) is 17.9 Å². The Morgan fingerprint density at radius 3 is 2.64 bits per heavy atom. The summed E-state index contributed by atoms with van der Waals surface area (Å²) < 4.78 is 4.58. The van der Waals surface area contributed by atoms with Gasteiger partial charge in [-0.15, -0.1) is 0 Å². The molecule has 0 aromatic carbocycles. The molecule has 2 aromatic heterocycles. The van der Waals surface area contributed by atoms with Crippen molar-refractivity contribution in [3.05, 3.63) is 18.2 Å². The molecule has 0 spiro atoms. The quantitative estimate of drug-likeness (QED) is 0.880. The Kier molecular flexibility index (Phi) is 4.70. The number of nitrogens with zero attached hydrogens (tertiary/aromatic N) is 6. The highest BCUT2D eigenvalue weighted by Crippen LogP contribution is 2.36. The average Bonchev–Trinajstić information content (AvgIpc) is 3.03. The topological polar surface area (TPSA) is 70.1 Å². The van der Waals surface area contributed by atoms with Crippen LogP contribution < -0.4 is 15.1 Å². The molecule has 2 aromatic rings. The molecule has 4 rings (SSSR count). The molecule has 3 heterocycles. The van der Waals surface area contributed by atoms with Crippen molar-refractivity contribution in [2.24, 2.45) is 0 Å². The van der Waals surface area contributed by atoms with Gasteiger partial charge in [0.15, 0.2) is 0 Å². The zero-order valence-corrected chi connectivity index (χ0v) is 15.7. The molecule has 1 N–H and O–H groups in total. The van der Waals surface area contributed by atoms with E-state index in [-0.39, 0.29) is 0 Å². The van der Waals surface area contributed by atoms with Gasteiger partial charge in [0, 0.05) is 56.7 Å². The van der Waals surface area contributed by atoms with E-state index in [2.05, 4.69) is 24.6 Å². The number of nitrogens with one attached hydrogen (secondary N) is 1. The molecule has 0 radical (unpaired) electrons. The molecule has 2 aliphatic rings. The van der Waals surface area contributed by atoms with Crippen molar-refractivity contribution in [3.63, 3.8) is 0 Å². The maximum absolute atomic E-state index is 4.78. The molecule has 25 heavy (non-hydrogen) atoms. The zero-order valence-electron chi connectivity index (χ0n) is 14.9. The third-order valence-electron chi connectivity index (χ3n) is 5.13. The van der Waals surface area contributed by atoms with Crippen LogP contribution >= 0.6 is 11.5 Å². The van der Waals surface area contributed by atoms with Crippen LogP contribution in [0.3, 0.4) is 0 Å². The molecule has 0 unspecified atom stereocenters. The summed E-state index contributed by atoms with van der Waals surface area (Å²) >= 11 is 1.56. The highest BCUT2D eigenvalue weighted by molar-refractivity contribution is 7.09. The molecule has 1 saturated carbocycles. The summed E-state index contributed by atoms with van der Waals surface area (Å²) in [5, 5.41) is 4.65. The molecule has 0 amide bonds. The largest absolute Gasteiger partial charge is 0.367 e. The number of hydrogen-bond donors (Lipinski definition) is 1. The van der Waals surface area contributed by atoms with Gasteiger partial charge in [-0.2, -0.15) is 4.37 Å². The van der Waals surface area contributed by atoms with Crippen molar-refractivity contribution in [3.8, 4) is 0 Å². The van der Waals surface area contributed by atoms with E-state index >= 15 is 0 Å². The monoisotopic (exact) mass is 359 g/mol. The van der Waals surface area contributed by atoms with Crippen LogP contribution in [0.2, 0.25) is 0 Å². The van der Waals surface area contributed by atoms with Crippen LogP contribution in [-0.2, 0) is 0 Å². The van der Waals surface area contributed by atoms with E-state index in [1.807, 2.05) is 25.1 Å². The van der Waals surface area contributed by atoms with E-state index in [0.717, 1.165) is 48.5 Å². The second-order valence-electron chi connectivity index (χ2n) is 7.12. The maximum Gasteiger partial charge on any atom is 0.205 e. The SMILES string of the molecule is CN(C)c1cc(NC2CCN(c3nc(C4CCC4)ns3)CC2)ncn1. The van der Waals surface area contributed by atoms with Crippen molar-refractivity contribution in [2.45, 2.75) is 44.1 Å². The van der Waals surface area contributed by atoms with Crippen LogP contribution in [0, 0.1) is 0 Å². The lowest BCUT2D eigenvalue weighted by molar-refractivity contribution is 0.404. The third-order valence-corrected chi connectivity index (χ3v) is 5.92. The van der Waals surface area contributed by atoms with Crippen molar-refractivity contribution in [2.75, 3.05) is 42.3 Å². The Morgan fingerprint density at radius 2 is 1.96 bits per heavy atom. The Bertz CT molecular complexity index is 705. The lowest BCUT2D eigenvalue weighted by atomic mass is 9.85. The first-order chi connectivity index (χ1) is 12.2. The summed E-state index contributed by atoms with van der Waals surface area (Å²) in [6.07, 6.45) is 7.64. The maximum atomic E-state index is 4.78. The minimum atomic E-state index is 0.445. The summed E-state index contributed by atoms with van der Waals surface area (Å²) in [5.41, 5.74) is 0. The van der Waals surface area contributed by atoms with Gasteiger partial charge in [-0.3, -0.25) is 0 Å². The molecule has 1 saturated heterocycles. The summed E-state index contributed by atoms with van der Waals surface area (Å²) in [6, 6.07) is 2.45. The second-order valence-corrected chi connectivity index (χ2v) is 7.85. The number of piperidine rings is 1. The summed E-state index contributed by atoms with van der Waals surface area (Å²) in [7, 11) is 3.98. The third kappa shape index (κ3) is 3.68. The Labute approximate surface area is 152 Å². The fourth-order valence-corrected chi connectivity index (χ4v) is 4.08. The second kappa shape index (κ2) is 7.11. The summed E-state index contributed by atoms with van der Waals surface area (Å²) in [5.74, 6) is 3.52. The molecule has 8 heteroatoms. The van der Waals surface area contributed by atoms with Gasteiger partial charge in [0.2, 0.25) is 5.13 Å². The number of aromatic nitrogens is 4. The van der Waals surface area contributed by atoms with E-state index in [9.17, 15) is 0 Å². The highest BCUT2D eigenvalue weighted by atomic mass is 32.1. The van der Waals surface area contributed by atoms with Crippen LogP contribution in [0.5, 0.6) is 0 Å². The Balaban J connectivity index is 1.32. The molecule has 134 valence electrons. The fourth-order valence-electron chi connectivity index (χ4n) is 3.28. The molecular formula is C17H25N7S. The van der Waals surface area contributed by atoms with Gasteiger partial charge in [0.05, 0.1) is 0 Å². The average molecular weight is 360 g/mol. The first-order valence-electron chi connectivity index (χ1n) is 9.03. The van der Waals surface area contributed by atoms with Crippen molar-refractivity contribution < 1.29 is 0 Å². The van der Waals surface area contributed by atoms with Crippen LogP contribution in [0.1, 0.15) is 43.8 Å². The van der Waals surface area contributed by atoms with Gasteiger partial charge in [0.25, 0.3) is 0 Å². The van der Waals surface area contributed by atoms with Gasteiger partial charge < -0.3 is 15.1 Å². The number of anilines is 3. The van der Waals surface area contributed by atoms with Gasteiger partial charge in [-0.25, -0.2) is 15.0 Å². The summed E-state index contributed by atoms with van der Waals surface area (Å²) in [4.78, 5) is 17.8. The summed E-state index contributed by atoms with van der Waals surface area (Å²) in [6.45, 7) is 2.03. The smallest absolute Gasteiger partial charge is 0.205 e.